The highest BCUT2D eigenvalue weighted by atomic mass is 35.5. The van der Waals surface area contributed by atoms with Gasteiger partial charge in [-0.1, -0.05) is 41.9 Å². The van der Waals surface area contributed by atoms with Crippen LogP contribution in [0, 0.1) is 0 Å². The molecular formula is C14H14ClN3O2. The lowest BCUT2D eigenvalue weighted by atomic mass is 10.1. The molecule has 0 aliphatic rings. The number of carbonyl (C=O) groups excluding carboxylic acids is 1. The topological polar surface area (TPSA) is 75.1 Å². The fourth-order valence-corrected chi connectivity index (χ4v) is 1.92. The zero-order valence-corrected chi connectivity index (χ0v) is 11.4. The summed E-state index contributed by atoms with van der Waals surface area (Å²) in [5.41, 5.74) is 1.11. The lowest BCUT2D eigenvalue weighted by Crippen LogP contribution is -2.33. The van der Waals surface area contributed by atoms with Crippen LogP contribution in [-0.2, 0) is 6.42 Å². The fourth-order valence-electron chi connectivity index (χ4n) is 1.73. The van der Waals surface area contributed by atoms with Gasteiger partial charge in [0.05, 0.1) is 11.1 Å². The van der Waals surface area contributed by atoms with Crippen molar-refractivity contribution in [3.63, 3.8) is 0 Å². The van der Waals surface area contributed by atoms with Gasteiger partial charge in [0.1, 0.15) is 12.0 Å². The number of nitrogens with zero attached hydrogens (tertiary/aromatic N) is 2. The molecule has 104 valence electrons. The van der Waals surface area contributed by atoms with Crippen LogP contribution in [0.15, 0.2) is 42.9 Å². The van der Waals surface area contributed by atoms with Crippen molar-refractivity contribution in [2.45, 2.75) is 12.5 Å². The Morgan fingerprint density at radius 1 is 1.35 bits per heavy atom. The summed E-state index contributed by atoms with van der Waals surface area (Å²) in [6.45, 7) is 0.133. The summed E-state index contributed by atoms with van der Waals surface area (Å²) in [6.07, 6.45) is 2.41. The number of halogens is 1. The number of carbonyl (C=O) groups is 1. The van der Waals surface area contributed by atoms with Crippen LogP contribution in [0.4, 0.5) is 0 Å². The van der Waals surface area contributed by atoms with Gasteiger partial charge in [-0.05, 0) is 5.56 Å². The maximum Gasteiger partial charge on any atom is 0.271 e. The number of benzene rings is 1. The second kappa shape index (κ2) is 6.98. The van der Waals surface area contributed by atoms with E-state index in [0.29, 0.717) is 6.42 Å². The number of hydrogen-bond acceptors (Lipinski definition) is 4. The number of rotatable bonds is 5. The molecule has 0 radical (unpaired) electrons. The highest BCUT2D eigenvalue weighted by molar-refractivity contribution is 6.33. The van der Waals surface area contributed by atoms with Gasteiger partial charge in [-0.25, -0.2) is 9.97 Å². The number of aliphatic hydroxyl groups excluding tert-OH is 1. The SMILES string of the molecule is O=C(NCC(O)Cc1ccccc1)c1ncncc1Cl. The van der Waals surface area contributed by atoms with E-state index in [0.717, 1.165) is 5.56 Å². The van der Waals surface area contributed by atoms with Crippen LogP contribution < -0.4 is 5.32 Å². The summed E-state index contributed by atoms with van der Waals surface area (Å²) >= 11 is 5.82. The molecule has 1 amide bonds. The molecule has 2 N–H and O–H groups in total. The summed E-state index contributed by atoms with van der Waals surface area (Å²) in [6, 6.07) is 9.57. The molecule has 2 rings (SSSR count). The summed E-state index contributed by atoms with van der Waals surface area (Å²) in [7, 11) is 0. The van der Waals surface area contributed by atoms with Crippen molar-refractivity contribution in [2.24, 2.45) is 0 Å². The molecule has 2 aromatic rings. The molecule has 0 saturated heterocycles. The summed E-state index contributed by atoms with van der Waals surface area (Å²) in [5, 5.41) is 12.7. The first-order valence-electron chi connectivity index (χ1n) is 6.12. The summed E-state index contributed by atoms with van der Waals surface area (Å²) in [5.74, 6) is -0.426. The minimum absolute atomic E-state index is 0.105. The van der Waals surface area contributed by atoms with Crippen LogP contribution in [0.5, 0.6) is 0 Å². The average molecular weight is 292 g/mol. The van der Waals surface area contributed by atoms with Crippen LogP contribution in [0.1, 0.15) is 16.1 Å². The van der Waals surface area contributed by atoms with Crippen LogP contribution in [-0.4, -0.2) is 33.6 Å². The first-order valence-corrected chi connectivity index (χ1v) is 6.50. The molecular weight excluding hydrogens is 278 g/mol. The molecule has 0 bridgehead atoms. The molecule has 0 aliphatic carbocycles. The quantitative estimate of drug-likeness (QED) is 0.874. The van der Waals surface area contributed by atoms with Crippen molar-refractivity contribution in [1.29, 1.82) is 0 Å². The highest BCUT2D eigenvalue weighted by Gasteiger charge is 2.13. The van der Waals surface area contributed by atoms with Crippen molar-refractivity contribution in [3.8, 4) is 0 Å². The van der Waals surface area contributed by atoms with E-state index >= 15 is 0 Å². The Morgan fingerprint density at radius 2 is 2.10 bits per heavy atom. The Bertz CT molecular complexity index is 578. The van der Waals surface area contributed by atoms with E-state index in [4.69, 9.17) is 11.6 Å². The maximum absolute atomic E-state index is 11.8. The normalized spacial score (nSPS) is 11.9. The molecule has 0 saturated carbocycles. The third-order valence-corrected chi connectivity index (χ3v) is 2.97. The standard InChI is InChI=1S/C14H14ClN3O2/c15-12-8-16-9-18-13(12)14(20)17-7-11(19)6-10-4-2-1-3-5-10/h1-5,8-9,11,19H,6-7H2,(H,17,20). The van der Waals surface area contributed by atoms with Gasteiger partial charge in [0.2, 0.25) is 0 Å². The first-order chi connectivity index (χ1) is 9.66. The fraction of sp³-hybridized carbons (Fsp3) is 0.214. The first kappa shape index (κ1) is 14.4. The lowest BCUT2D eigenvalue weighted by Gasteiger charge is -2.12. The number of aromatic nitrogens is 2. The van der Waals surface area contributed by atoms with Gasteiger partial charge in [-0.2, -0.15) is 0 Å². The Kier molecular flexibility index (Phi) is 5.03. The van der Waals surface area contributed by atoms with E-state index in [2.05, 4.69) is 15.3 Å². The third-order valence-electron chi connectivity index (χ3n) is 2.70. The minimum Gasteiger partial charge on any atom is -0.391 e. The number of aliphatic hydroxyl groups is 1. The van der Waals surface area contributed by atoms with Gasteiger partial charge >= 0.3 is 0 Å². The van der Waals surface area contributed by atoms with E-state index in [1.54, 1.807) is 0 Å². The van der Waals surface area contributed by atoms with Gasteiger partial charge in [0.15, 0.2) is 0 Å². The zero-order valence-electron chi connectivity index (χ0n) is 10.7. The van der Waals surface area contributed by atoms with Gasteiger partial charge in [-0.3, -0.25) is 4.79 Å². The predicted octanol–water partition coefficient (Wildman–Crippen LogP) is 1.46. The largest absolute Gasteiger partial charge is 0.391 e. The van der Waals surface area contributed by atoms with Crippen LogP contribution in [0.25, 0.3) is 0 Å². The summed E-state index contributed by atoms with van der Waals surface area (Å²) in [4.78, 5) is 19.3. The molecule has 5 nitrogen and oxygen atoms in total. The molecule has 1 unspecified atom stereocenters. The van der Waals surface area contributed by atoms with Crippen molar-refractivity contribution >= 4 is 17.5 Å². The third kappa shape index (κ3) is 4.01. The van der Waals surface area contributed by atoms with Crippen molar-refractivity contribution in [3.05, 3.63) is 59.1 Å². The predicted molar refractivity (Wildman–Crippen MR) is 75.5 cm³/mol. The van der Waals surface area contributed by atoms with E-state index in [1.165, 1.54) is 12.5 Å². The second-order valence-corrected chi connectivity index (χ2v) is 4.68. The van der Waals surface area contributed by atoms with Gasteiger partial charge in [0.25, 0.3) is 5.91 Å². The van der Waals surface area contributed by atoms with Crippen LogP contribution in [0.2, 0.25) is 5.02 Å². The Balaban J connectivity index is 1.86. The molecule has 20 heavy (non-hydrogen) atoms. The average Bonchev–Trinajstić information content (AvgIpc) is 2.46. The van der Waals surface area contributed by atoms with E-state index < -0.39 is 12.0 Å². The lowest BCUT2D eigenvalue weighted by molar-refractivity contribution is 0.0911. The van der Waals surface area contributed by atoms with E-state index in [-0.39, 0.29) is 17.3 Å². The zero-order chi connectivity index (χ0) is 14.4. The number of amides is 1. The van der Waals surface area contributed by atoms with Crippen molar-refractivity contribution < 1.29 is 9.90 Å². The summed E-state index contributed by atoms with van der Waals surface area (Å²) < 4.78 is 0. The number of hydrogen-bond donors (Lipinski definition) is 2. The highest BCUT2D eigenvalue weighted by Crippen LogP contribution is 2.10. The van der Waals surface area contributed by atoms with Crippen molar-refractivity contribution in [1.82, 2.24) is 15.3 Å². The molecule has 6 heteroatoms. The Labute approximate surface area is 121 Å². The second-order valence-electron chi connectivity index (χ2n) is 4.27. The van der Waals surface area contributed by atoms with E-state index in [9.17, 15) is 9.90 Å². The Morgan fingerprint density at radius 3 is 2.80 bits per heavy atom. The van der Waals surface area contributed by atoms with Crippen LogP contribution >= 0.6 is 11.6 Å². The van der Waals surface area contributed by atoms with Gasteiger partial charge in [-0.15, -0.1) is 0 Å². The monoisotopic (exact) mass is 291 g/mol. The number of nitrogens with one attached hydrogen (secondary N) is 1. The Hall–Kier alpha value is -1.98. The molecule has 1 heterocycles. The van der Waals surface area contributed by atoms with Crippen molar-refractivity contribution in [2.75, 3.05) is 6.54 Å². The minimum atomic E-state index is -0.665. The molecule has 0 spiro atoms. The van der Waals surface area contributed by atoms with Gasteiger partial charge < -0.3 is 10.4 Å². The molecule has 1 atom stereocenters. The van der Waals surface area contributed by atoms with Crippen LogP contribution in [0.3, 0.4) is 0 Å². The molecule has 1 aromatic heterocycles. The molecule has 0 fully saturated rings. The van der Waals surface area contributed by atoms with E-state index in [1.807, 2.05) is 30.3 Å². The maximum atomic E-state index is 11.8. The molecule has 0 aliphatic heterocycles. The smallest absolute Gasteiger partial charge is 0.271 e. The molecule has 1 aromatic carbocycles. The van der Waals surface area contributed by atoms with Gasteiger partial charge in [0, 0.05) is 19.2 Å².